The van der Waals surface area contributed by atoms with Gasteiger partial charge in [-0.1, -0.05) is 13.3 Å². The molecule has 0 spiro atoms. The van der Waals surface area contributed by atoms with Gasteiger partial charge in [-0.15, -0.1) is 0 Å². The van der Waals surface area contributed by atoms with Gasteiger partial charge in [-0.05, 0) is 75.5 Å². The predicted molar refractivity (Wildman–Crippen MR) is 85.6 cm³/mol. The fourth-order valence-corrected chi connectivity index (χ4v) is 5.34. The van der Waals surface area contributed by atoms with Crippen LogP contribution in [0.25, 0.3) is 0 Å². The minimum absolute atomic E-state index is 0.140. The Morgan fingerprint density at radius 3 is 2.14 bits per heavy atom. The molecule has 0 aliphatic heterocycles. The molecule has 3 heteroatoms. The summed E-state index contributed by atoms with van der Waals surface area (Å²) in [7, 11) is 0. The van der Waals surface area contributed by atoms with Crippen LogP contribution >= 0.6 is 0 Å². The molecule has 0 aromatic heterocycles. The molecule has 1 amide bonds. The number of nitrogens with one attached hydrogen (secondary N) is 1. The average molecular weight is 292 g/mol. The molecular formula is C18H32N2O. The van der Waals surface area contributed by atoms with Crippen LogP contribution in [-0.2, 0) is 4.79 Å². The number of nitrogens with two attached hydrogens (primary N) is 1. The van der Waals surface area contributed by atoms with Gasteiger partial charge in [0.2, 0.25) is 5.91 Å². The molecule has 0 saturated heterocycles. The number of carbonyl (C=O) groups excluding carboxylic acids is 1. The summed E-state index contributed by atoms with van der Waals surface area (Å²) >= 11 is 0. The highest BCUT2D eigenvalue weighted by molar-refractivity contribution is 5.78. The molecule has 4 bridgehead atoms. The van der Waals surface area contributed by atoms with Crippen LogP contribution in [0.2, 0.25) is 0 Å². The summed E-state index contributed by atoms with van der Waals surface area (Å²) in [4.78, 5) is 12.5. The number of hydrogen-bond acceptors (Lipinski definition) is 2. The molecule has 4 aliphatic carbocycles. The van der Waals surface area contributed by atoms with Gasteiger partial charge in [-0.25, -0.2) is 0 Å². The van der Waals surface area contributed by atoms with Crippen LogP contribution < -0.4 is 11.1 Å². The lowest BCUT2D eigenvalue weighted by atomic mass is 9.54. The van der Waals surface area contributed by atoms with Gasteiger partial charge >= 0.3 is 0 Å². The molecule has 4 fully saturated rings. The molecule has 0 aromatic carbocycles. The Kier molecular flexibility index (Phi) is 4.58. The van der Waals surface area contributed by atoms with Crippen molar-refractivity contribution in [1.29, 1.82) is 0 Å². The van der Waals surface area contributed by atoms with Gasteiger partial charge in [0.1, 0.15) is 0 Å². The Morgan fingerprint density at radius 2 is 1.62 bits per heavy atom. The summed E-state index contributed by atoms with van der Waals surface area (Å²) in [6, 6.07) is 0.742. The third kappa shape index (κ3) is 3.44. The normalized spacial score (nSPS) is 40.0. The van der Waals surface area contributed by atoms with Crippen molar-refractivity contribution in [2.75, 3.05) is 0 Å². The zero-order valence-corrected chi connectivity index (χ0v) is 13.7. The molecule has 2 unspecified atom stereocenters. The van der Waals surface area contributed by atoms with E-state index in [1.807, 2.05) is 6.92 Å². The molecule has 2 atom stereocenters. The zero-order chi connectivity index (χ0) is 15.0. The first kappa shape index (κ1) is 15.3. The third-order valence-electron chi connectivity index (χ3n) is 6.28. The molecule has 0 aromatic rings. The number of carbonyl (C=O) groups is 1. The van der Waals surface area contributed by atoms with Crippen LogP contribution in [-0.4, -0.2) is 18.0 Å². The second kappa shape index (κ2) is 6.28. The van der Waals surface area contributed by atoms with Crippen LogP contribution in [0.5, 0.6) is 0 Å². The van der Waals surface area contributed by atoms with E-state index in [0.29, 0.717) is 6.04 Å². The van der Waals surface area contributed by atoms with Crippen LogP contribution in [0.4, 0.5) is 0 Å². The summed E-state index contributed by atoms with van der Waals surface area (Å²) in [6.07, 6.45) is 10.0. The number of hydrogen-bond donors (Lipinski definition) is 2. The van der Waals surface area contributed by atoms with Crippen molar-refractivity contribution < 1.29 is 4.79 Å². The molecule has 4 saturated carbocycles. The van der Waals surface area contributed by atoms with E-state index >= 15 is 0 Å². The Morgan fingerprint density at radius 1 is 1.05 bits per heavy atom. The largest absolute Gasteiger partial charge is 0.353 e. The maximum Gasteiger partial charge on any atom is 0.223 e. The Labute approximate surface area is 129 Å². The summed E-state index contributed by atoms with van der Waals surface area (Å²) in [6.45, 7) is 4.12. The second-order valence-corrected chi connectivity index (χ2v) is 8.27. The van der Waals surface area contributed by atoms with Gasteiger partial charge in [-0.3, -0.25) is 4.79 Å². The van der Waals surface area contributed by atoms with E-state index in [2.05, 4.69) is 12.2 Å². The maximum absolute atomic E-state index is 12.5. The van der Waals surface area contributed by atoms with Crippen LogP contribution in [0.3, 0.4) is 0 Å². The molecule has 21 heavy (non-hydrogen) atoms. The third-order valence-corrected chi connectivity index (χ3v) is 6.28. The van der Waals surface area contributed by atoms with Crippen molar-refractivity contribution in [1.82, 2.24) is 5.32 Å². The standard InChI is InChI=1S/C18H32N2O/c1-11(4-3-5-12(2)19)18(21)20-17-15-7-13-6-14(9-15)10-16(17)8-13/h11-17H,3-10,19H2,1-2H3,(H,20,21). The predicted octanol–water partition coefficient (Wildman–Crippen LogP) is 3.08. The highest BCUT2D eigenvalue weighted by Crippen LogP contribution is 2.53. The van der Waals surface area contributed by atoms with Gasteiger partial charge in [-0.2, -0.15) is 0 Å². The lowest BCUT2D eigenvalue weighted by molar-refractivity contribution is -0.128. The first-order valence-electron chi connectivity index (χ1n) is 9.09. The maximum atomic E-state index is 12.5. The monoisotopic (exact) mass is 292 g/mol. The molecule has 4 rings (SSSR count). The number of amides is 1. The summed E-state index contributed by atoms with van der Waals surface area (Å²) in [5.74, 6) is 3.94. The topological polar surface area (TPSA) is 55.1 Å². The zero-order valence-electron chi connectivity index (χ0n) is 13.7. The molecule has 0 radical (unpaired) electrons. The average Bonchev–Trinajstić information content (AvgIpc) is 2.41. The van der Waals surface area contributed by atoms with Gasteiger partial charge in [0.15, 0.2) is 0 Å². The van der Waals surface area contributed by atoms with Gasteiger partial charge < -0.3 is 11.1 Å². The molecule has 0 heterocycles. The van der Waals surface area contributed by atoms with E-state index in [4.69, 9.17) is 5.73 Å². The molecular weight excluding hydrogens is 260 g/mol. The van der Waals surface area contributed by atoms with Crippen LogP contribution in [0, 0.1) is 29.6 Å². The van der Waals surface area contributed by atoms with E-state index in [0.717, 1.165) is 42.9 Å². The molecule has 3 nitrogen and oxygen atoms in total. The van der Waals surface area contributed by atoms with Crippen molar-refractivity contribution in [3.63, 3.8) is 0 Å². The van der Waals surface area contributed by atoms with Crippen molar-refractivity contribution in [2.24, 2.45) is 35.3 Å². The van der Waals surface area contributed by atoms with Crippen LogP contribution in [0.15, 0.2) is 0 Å². The molecule has 3 N–H and O–H groups in total. The van der Waals surface area contributed by atoms with E-state index in [1.165, 1.54) is 32.1 Å². The molecule has 4 aliphatic rings. The minimum Gasteiger partial charge on any atom is -0.353 e. The highest BCUT2D eigenvalue weighted by Gasteiger charge is 2.48. The first-order chi connectivity index (χ1) is 10.0. The first-order valence-corrected chi connectivity index (χ1v) is 9.09. The van der Waals surface area contributed by atoms with E-state index in [9.17, 15) is 4.79 Å². The van der Waals surface area contributed by atoms with E-state index in [1.54, 1.807) is 0 Å². The van der Waals surface area contributed by atoms with E-state index in [-0.39, 0.29) is 17.9 Å². The second-order valence-electron chi connectivity index (χ2n) is 8.27. The number of rotatable bonds is 6. The Balaban J connectivity index is 1.48. The van der Waals surface area contributed by atoms with E-state index < -0.39 is 0 Å². The lowest BCUT2D eigenvalue weighted by Crippen LogP contribution is -2.56. The van der Waals surface area contributed by atoms with Gasteiger partial charge in [0, 0.05) is 18.0 Å². The Bertz CT molecular complexity index is 351. The Hall–Kier alpha value is -0.570. The van der Waals surface area contributed by atoms with Crippen molar-refractivity contribution in [3.8, 4) is 0 Å². The summed E-state index contributed by atoms with van der Waals surface area (Å²) in [5, 5.41) is 3.43. The van der Waals surface area contributed by atoms with Crippen molar-refractivity contribution in [2.45, 2.75) is 77.3 Å². The SMILES string of the molecule is CC(N)CCCC(C)C(=O)NC1C2CC3CC(C2)CC1C3. The quantitative estimate of drug-likeness (QED) is 0.790. The summed E-state index contributed by atoms with van der Waals surface area (Å²) in [5.41, 5.74) is 5.78. The highest BCUT2D eigenvalue weighted by atomic mass is 16.1. The van der Waals surface area contributed by atoms with Crippen molar-refractivity contribution in [3.05, 3.63) is 0 Å². The smallest absolute Gasteiger partial charge is 0.223 e. The lowest BCUT2D eigenvalue weighted by Gasteiger charge is -2.54. The van der Waals surface area contributed by atoms with Gasteiger partial charge in [0.05, 0.1) is 0 Å². The summed E-state index contributed by atoms with van der Waals surface area (Å²) < 4.78 is 0. The fraction of sp³-hybridized carbons (Fsp3) is 0.944. The molecule has 120 valence electrons. The van der Waals surface area contributed by atoms with Crippen molar-refractivity contribution >= 4 is 5.91 Å². The minimum atomic E-state index is 0.140. The fourth-order valence-electron chi connectivity index (χ4n) is 5.34. The van der Waals surface area contributed by atoms with Crippen LogP contribution in [0.1, 0.15) is 65.2 Å². The van der Waals surface area contributed by atoms with Gasteiger partial charge in [0.25, 0.3) is 0 Å².